The number of nitrogens with one attached hydrogen (secondary N) is 1. The van der Waals surface area contributed by atoms with Crippen LogP contribution in [0.2, 0.25) is 0 Å². The molecule has 1 heterocycles. The van der Waals surface area contributed by atoms with Crippen LogP contribution in [-0.4, -0.2) is 47.1 Å². The molecule has 5 atom stereocenters. The predicted octanol–water partition coefficient (Wildman–Crippen LogP) is 2.86. The summed E-state index contributed by atoms with van der Waals surface area (Å²) in [7, 11) is 0. The second-order valence-electron chi connectivity index (χ2n) is 8.16. The van der Waals surface area contributed by atoms with Gasteiger partial charge in [0.2, 0.25) is 5.91 Å². The van der Waals surface area contributed by atoms with Gasteiger partial charge in [-0.05, 0) is 47.7 Å². The predicted molar refractivity (Wildman–Crippen MR) is 113 cm³/mol. The van der Waals surface area contributed by atoms with Gasteiger partial charge in [-0.3, -0.25) is 4.79 Å². The lowest BCUT2D eigenvalue weighted by atomic mass is 9.86. The molecule has 0 radical (unpaired) electrons. The Bertz CT molecular complexity index is 887. The van der Waals surface area contributed by atoms with Crippen molar-refractivity contribution in [1.29, 1.82) is 0 Å². The van der Waals surface area contributed by atoms with Gasteiger partial charge < -0.3 is 20.3 Å². The molecule has 6 heteroatoms. The maximum atomic E-state index is 13.9. The molecule has 162 valence electrons. The number of benzene rings is 2. The number of carbonyl (C=O) groups is 1. The average molecular weight is 416 g/mol. The summed E-state index contributed by atoms with van der Waals surface area (Å²) in [5.74, 6) is -0.554. The summed E-state index contributed by atoms with van der Waals surface area (Å²) in [6.45, 7) is 5.72. The van der Waals surface area contributed by atoms with Crippen LogP contribution in [0.5, 0.6) is 0 Å². The van der Waals surface area contributed by atoms with E-state index in [2.05, 4.69) is 5.32 Å². The lowest BCUT2D eigenvalue weighted by Gasteiger charge is -2.40. The fraction of sp³-hybridized carbons (Fsp3) is 0.458. The van der Waals surface area contributed by atoms with E-state index in [9.17, 15) is 19.4 Å². The van der Waals surface area contributed by atoms with Crippen LogP contribution in [0.4, 0.5) is 4.39 Å². The molecule has 0 spiro atoms. The van der Waals surface area contributed by atoms with Crippen LogP contribution in [0.1, 0.15) is 31.9 Å². The molecule has 1 amide bonds. The van der Waals surface area contributed by atoms with E-state index in [1.165, 1.54) is 19.1 Å². The van der Waals surface area contributed by atoms with Gasteiger partial charge >= 0.3 is 0 Å². The number of aliphatic hydroxyl groups excluding tert-OH is 2. The van der Waals surface area contributed by atoms with Gasteiger partial charge in [0.05, 0.1) is 18.3 Å². The molecule has 0 saturated carbocycles. The van der Waals surface area contributed by atoms with Crippen molar-refractivity contribution in [2.24, 2.45) is 5.92 Å². The summed E-state index contributed by atoms with van der Waals surface area (Å²) in [5.41, 5.74) is 3.55. The number of ether oxygens (including phenoxy) is 1. The molecule has 1 saturated heterocycles. The largest absolute Gasteiger partial charge is 0.390 e. The van der Waals surface area contributed by atoms with Crippen LogP contribution in [0.25, 0.3) is 11.1 Å². The van der Waals surface area contributed by atoms with Crippen LogP contribution >= 0.6 is 0 Å². The third-order valence-corrected chi connectivity index (χ3v) is 5.91. The summed E-state index contributed by atoms with van der Waals surface area (Å²) in [6.07, 6.45) is -1.43. The van der Waals surface area contributed by atoms with Gasteiger partial charge in [-0.1, -0.05) is 37.3 Å². The normalized spacial score (nSPS) is 26.4. The fourth-order valence-corrected chi connectivity index (χ4v) is 3.96. The monoisotopic (exact) mass is 415 g/mol. The first kappa shape index (κ1) is 22.4. The maximum Gasteiger partial charge on any atom is 0.216 e. The second-order valence-corrected chi connectivity index (χ2v) is 8.16. The van der Waals surface area contributed by atoms with E-state index in [0.717, 1.165) is 22.3 Å². The molecule has 1 aliphatic heterocycles. The zero-order chi connectivity index (χ0) is 21.8. The fourth-order valence-electron chi connectivity index (χ4n) is 3.96. The van der Waals surface area contributed by atoms with Crippen LogP contribution in [0.3, 0.4) is 0 Å². The van der Waals surface area contributed by atoms with Gasteiger partial charge in [0.15, 0.2) is 0 Å². The third kappa shape index (κ3) is 5.25. The Labute approximate surface area is 176 Å². The Morgan fingerprint density at radius 3 is 2.60 bits per heavy atom. The molecule has 0 bridgehead atoms. The Kier molecular flexibility index (Phi) is 7.23. The first-order valence-electron chi connectivity index (χ1n) is 10.4. The molecule has 2 aromatic rings. The number of aliphatic hydroxyl groups is 2. The van der Waals surface area contributed by atoms with E-state index < -0.39 is 18.3 Å². The highest BCUT2D eigenvalue weighted by atomic mass is 19.1. The molecule has 3 N–H and O–H groups in total. The lowest BCUT2D eigenvalue weighted by molar-refractivity contribution is -0.190. The number of carbonyl (C=O) groups excluding carboxylic acids is 1. The Morgan fingerprint density at radius 1 is 1.13 bits per heavy atom. The van der Waals surface area contributed by atoms with E-state index in [4.69, 9.17) is 4.74 Å². The molecule has 30 heavy (non-hydrogen) atoms. The highest BCUT2D eigenvalue weighted by Gasteiger charge is 2.40. The SMILES string of the molecule is CC(=O)NCCc1ccc(C[C@@H]2O[C@@H](C)[C@H](C)[C@@H](O)[C@H]2O)cc1-c1cccc(F)c1. The lowest BCUT2D eigenvalue weighted by Crippen LogP contribution is -2.53. The molecule has 3 rings (SSSR count). The van der Waals surface area contributed by atoms with Crippen molar-refractivity contribution in [2.45, 2.75) is 58.0 Å². The van der Waals surface area contributed by atoms with E-state index in [1.807, 2.05) is 38.1 Å². The molecular weight excluding hydrogens is 385 g/mol. The average Bonchev–Trinajstić information content (AvgIpc) is 2.71. The van der Waals surface area contributed by atoms with Crippen molar-refractivity contribution in [1.82, 2.24) is 5.32 Å². The molecule has 2 aromatic carbocycles. The van der Waals surface area contributed by atoms with Crippen LogP contribution in [0, 0.1) is 11.7 Å². The van der Waals surface area contributed by atoms with Gasteiger partial charge in [-0.15, -0.1) is 0 Å². The molecule has 0 aliphatic carbocycles. The highest BCUT2D eigenvalue weighted by Crippen LogP contribution is 2.30. The van der Waals surface area contributed by atoms with Crippen LogP contribution in [-0.2, 0) is 22.4 Å². The van der Waals surface area contributed by atoms with Crippen molar-refractivity contribution in [3.63, 3.8) is 0 Å². The quantitative estimate of drug-likeness (QED) is 0.678. The highest BCUT2D eigenvalue weighted by molar-refractivity contribution is 5.73. The molecule has 5 nitrogen and oxygen atoms in total. The van der Waals surface area contributed by atoms with Crippen molar-refractivity contribution in [3.8, 4) is 11.1 Å². The minimum atomic E-state index is -0.965. The molecular formula is C24H30FNO4. The van der Waals surface area contributed by atoms with Gasteiger partial charge in [0, 0.05) is 25.8 Å². The Balaban J connectivity index is 1.87. The van der Waals surface area contributed by atoms with Crippen molar-refractivity contribution >= 4 is 5.91 Å². The van der Waals surface area contributed by atoms with Crippen molar-refractivity contribution in [3.05, 3.63) is 59.4 Å². The molecule has 0 aromatic heterocycles. The first-order chi connectivity index (χ1) is 14.3. The number of amides is 1. The standard InChI is InChI=1S/C24H30FNO4/c1-14-15(2)30-22(24(29)23(14)28)12-17-7-8-18(9-10-26-16(3)27)21(11-17)19-5-4-6-20(25)13-19/h4-8,11,13-15,22-24,28-29H,9-10,12H2,1-3H3,(H,26,27)/t14-,15-,22-,23+,24-/m0/s1. The van der Waals surface area contributed by atoms with Gasteiger partial charge in [0.1, 0.15) is 11.9 Å². The Hall–Kier alpha value is -2.28. The summed E-state index contributed by atoms with van der Waals surface area (Å²) in [4.78, 5) is 11.2. The molecule has 1 aliphatic rings. The third-order valence-electron chi connectivity index (χ3n) is 5.91. The maximum absolute atomic E-state index is 13.9. The van der Waals surface area contributed by atoms with E-state index in [-0.39, 0.29) is 23.7 Å². The number of hydrogen-bond donors (Lipinski definition) is 3. The summed E-state index contributed by atoms with van der Waals surface area (Å²) in [6, 6.07) is 12.3. The molecule has 1 fully saturated rings. The minimum Gasteiger partial charge on any atom is -0.390 e. The number of hydrogen-bond acceptors (Lipinski definition) is 4. The zero-order valence-corrected chi connectivity index (χ0v) is 17.6. The van der Waals surface area contributed by atoms with Crippen LogP contribution in [0.15, 0.2) is 42.5 Å². The first-order valence-corrected chi connectivity index (χ1v) is 10.4. The van der Waals surface area contributed by atoms with Crippen molar-refractivity contribution < 1.29 is 24.1 Å². The Morgan fingerprint density at radius 2 is 1.90 bits per heavy atom. The smallest absolute Gasteiger partial charge is 0.216 e. The molecule has 0 unspecified atom stereocenters. The van der Waals surface area contributed by atoms with E-state index in [0.29, 0.717) is 19.4 Å². The number of halogens is 1. The summed E-state index contributed by atoms with van der Waals surface area (Å²) < 4.78 is 19.8. The van der Waals surface area contributed by atoms with E-state index in [1.54, 1.807) is 6.07 Å². The van der Waals surface area contributed by atoms with E-state index >= 15 is 0 Å². The van der Waals surface area contributed by atoms with Gasteiger partial charge in [-0.2, -0.15) is 0 Å². The van der Waals surface area contributed by atoms with Gasteiger partial charge in [0.25, 0.3) is 0 Å². The van der Waals surface area contributed by atoms with Gasteiger partial charge in [-0.25, -0.2) is 4.39 Å². The van der Waals surface area contributed by atoms with Crippen molar-refractivity contribution in [2.75, 3.05) is 6.54 Å². The number of rotatable bonds is 6. The van der Waals surface area contributed by atoms with Crippen LogP contribution < -0.4 is 5.32 Å². The zero-order valence-electron chi connectivity index (χ0n) is 17.6. The summed E-state index contributed by atoms with van der Waals surface area (Å²) in [5, 5.41) is 23.6. The topological polar surface area (TPSA) is 78.8 Å². The minimum absolute atomic E-state index is 0.0933. The second kappa shape index (κ2) is 9.69. The summed E-state index contributed by atoms with van der Waals surface area (Å²) >= 11 is 0.